The van der Waals surface area contributed by atoms with Gasteiger partial charge in [0.1, 0.15) is 17.3 Å². The predicted octanol–water partition coefficient (Wildman–Crippen LogP) is 5.01. The summed E-state index contributed by atoms with van der Waals surface area (Å²) in [6.45, 7) is 11.0. The highest BCUT2D eigenvalue weighted by Crippen LogP contribution is 2.45. The van der Waals surface area contributed by atoms with Crippen molar-refractivity contribution in [2.24, 2.45) is 11.6 Å². The minimum atomic E-state index is -0.309. The molecule has 0 aliphatic rings. The monoisotopic (exact) mass is 697 g/mol. The zero-order chi connectivity index (χ0) is 35.4. The lowest BCUT2D eigenvalue weighted by atomic mass is 10.1. The summed E-state index contributed by atoms with van der Waals surface area (Å²) in [5.74, 6) is 7.16. The number of amides is 1. The number of rotatable bonds is 16. The molecule has 48 heavy (non-hydrogen) atoms. The molecule has 0 saturated heterocycles. The van der Waals surface area contributed by atoms with Gasteiger partial charge >= 0.3 is 0 Å². The van der Waals surface area contributed by atoms with E-state index in [4.69, 9.17) is 54.0 Å². The van der Waals surface area contributed by atoms with Gasteiger partial charge in [0.15, 0.2) is 0 Å². The third kappa shape index (κ3) is 9.57. The van der Waals surface area contributed by atoms with Crippen LogP contribution in [0.15, 0.2) is 54.8 Å². The van der Waals surface area contributed by atoms with Crippen molar-refractivity contribution in [2.75, 3.05) is 57.0 Å². The molecule has 0 radical (unpaired) electrons. The largest absolute Gasteiger partial charge is 0.495 e. The Kier molecular flexibility index (Phi) is 14.4. The Balaban J connectivity index is 2.22. The van der Waals surface area contributed by atoms with Crippen molar-refractivity contribution in [2.45, 2.75) is 33.2 Å². The summed E-state index contributed by atoms with van der Waals surface area (Å²) >= 11 is 13.6. The van der Waals surface area contributed by atoms with Crippen LogP contribution in [0.4, 0.5) is 17.2 Å². The summed E-state index contributed by atoms with van der Waals surface area (Å²) in [5, 5.41) is 13.4. The standard InChI is InChI=1S/C35H45Cl2N7O4/c1-8-23(20-44(39)13-14-46-5)19-40-35-25(15-22(4)41-34-21(3)11-10-12-26(34)42-30(45)9-2)24(18-38)16-27(43-35)31-32(36)28(47-6)17-29(48-7)33(31)37/h9-12,15-18,20,22,41H,2,8,13-14,19,38-39H2,1,3-7H3,(H,40,43)(H,42,45)/b23-20+,24-18-,25-15+. The second-order valence-electron chi connectivity index (χ2n) is 10.8. The fourth-order valence-electron chi connectivity index (χ4n) is 4.88. The van der Waals surface area contributed by atoms with E-state index < -0.39 is 0 Å². The molecule has 0 aliphatic heterocycles. The van der Waals surface area contributed by atoms with E-state index in [2.05, 4.69) is 22.5 Å². The molecule has 2 aromatic carbocycles. The molecule has 7 N–H and O–H groups in total. The fraction of sp³-hybridized carbons (Fsp3) is 0.314. The van der Waals surface area contributed by atoms with Gasteiger partial charge in [0, 0.05) is 54.2 Å². The Hall–Kier alpha value is -4.42. The summed E-state index contributed by atoms with van der Waals surface area (Å²) in [6.07, 6.45) is 7.35. The predicted molar refractivity (Wildman–Crippen MR) is 198 cm³/mol. The van der Waals surface area contributed by atoms with Crippen LogP contribution in [0.25, 0.3) is 23.5 Å². The van der Waals surface area contributed by atoms with E-state index in [1.54, 1.807) is 18.2 Å². The van der Waals surface area contributed by atoms with Crippen molar-refractivity contribution in [3.05, 3.63) is 80.8 Å². The topological polar surface area (TPSA) is 149 Å². The van der Waals surface area contributed by atoms with Crippen LogP contribution in [0, 0.1) is 6.92 Å². The van der Waals surface area contributed by atoms with Gasteiger partial charge in [-0.1, -0.05) is 54.9 Å². The molecule has 0 spiro atoms. The smallest absolute Gasteiger partial charge is 0.247 e. The number of anilines is 3. The zero-order valence-electron chi connectivity index (χ0n) is 28.2. The van der Waals surface area contributed by atoms with Gasteiger partial charge in [-0.25, -0.2) is 10.8 Å². The first kappa shape index (κ1) is 38.0. The molecule has 1 atom stereocenters. The van der Waals surface area contributed by atoms with E-state index in [0.717, 1.165) is 28.5 Å². The van der Waals surface area contributed by atoms with E-state index >= 15 is 0 Å². The number of hydrazine groups is 1. The van der Waals surface area contributed by atoms with E-state index in [-0.39, 0.29) is 22.0 Å². The Bertz CT molecular complexity index is 1740. The first-order valence-electron chi connectivity index (χ1n) is 15.3. The number of hydrogen-bond donors (Lipinski definition) is 5. The van der Waals surface area contributed by atoms with Gasteiger partial charge in [-0.15, -0.1) is 0 Å². The molecule has 13 heteroatoms. The number of nitrogens with two attached hydrogens (primary N) is 2. The number of halogens is 2. The molecule has 0 saturated carbocycles. The number of carbonyl (C=O) groups is 1. The zero-order valence-corrected chi connectivity index (χ0v) is 29.8. The number of benzene rings is 2. The summed E-state index contributed by atoms with van der Waals surface area (Å²) in [5.41, 5.74) is 10.5. The minimum Gasteiger partial charge on any atom is -0.495 e. The average Bonchev–Trinajstić information content (AvgIpc) is 3.07. The number of aryl methyl sites for hydroxylation is 1. The van der Waals surface area contributed by atoms with Gasteiger partial charge in [0.25, 0.3) is 0 Å². The van der Waals surface area contributed by atoms with Crippen molar-refractivity contribution in [3.8, 4) is 22.8 Å². The maximum absolute atomic E-state index is 12.1. The van der Waals surface area contributed by atoms with Crippen LogP contribution in [-0.2, 0) is 9.53 Å². The second-order valence-corrected chi connectivity index (χ2v) is 11.6. The highest BCUT2D eigenvalue weighted by Gasteiger charge is 2.21. The number of aromatic nitrogens is 1. The number of nitrogens with one attached hydrogen (secondary N) is 3. The number of ether oxygens (including phenoxy) is 3. The molecule has 0 bridgehead atoms. The number of hydrogen-bond acceptors (Lipinski definition) is 10. The SMILES string of the molecule is C=CC(=O)Nc1cccc(C)c1NC(C)/C=c1/c(NC/C(=C/N(N)CCOC)CC)nc(-c2c(Cl)c(OC)cc(OC)c2Cl)c/c1=C/N. The molecule has 0 fully saturated rings. The second kappa shape index (κ2) is 18.2. The highest BCUT2D eigenvalue weighted by molar-refractivity contribution is 6.41. The lowest BCUT2D eigenvalue weighted by molar-refractivity contribution is -0.111. The van der Waals surface area contributed by atoms with Crippen LogP contribution < -0.4 is 47.4 Å². The third-order valence-corrected chi connectivity index (χ3v) is 8.19. The molecule has 3 aromatic rings. The summed E-state index contributed by atoms with van der Waals surface area (Å²) in [6, 6.07) is 8.84. The van der Waals surface area contributed by atoms with E-state index in [1.807, 2.05) is 57.3 Å². The maximum Gasteiger partial charge on any atom is 0.247 e. The third-order valence-electron chi connectivity index (χ3n) is 7.44. The first-order valence-corrected chi connectivity index (χ1v) is 16.1. The Morgan fingerprint density at radius 2 is 1.83 bits per heavy atom. The van der Waals surface area contributed by atoms with E-state index in [1.165, 1.54) is 26.5 Å². The van der Waals surface area contributed by atoms with Gasteiger partial charge in [-0.3, -0.25) is 4.79 Å². The molecular weight excluding hydrogens is 653 g/mol. The van der Waals surface area contributed by atoms with Crippen LogP contribution in [0.3, 0.4) is 0 Å². The molecule has 1 aromatic heterocycles. The van der Waals surface area contributed by atoms with Crippen LogP contribution in [0.5, 0.6) is 11.5 Å². The van der Waals surface area contributed by atoms with Crippen LogP contribution in [-0.4, -0.2) is 63.0 Å². The van der Waals surface area contributed by atoms with E-state index in [9.17, 15) is 4.79 Å². The van der Waals surface area contributed by atoms with Crippen molar-refractivity contribution >= 4 is 58.6 Å². The van der Waals surface area contributed by atoms with E-state index in [0.29, 0.717) is 59.2 Å². The number of pyridine rings is 1. The number of para-hydroxylation sites is 1. The number of carbonyl (C=O) groups excluding carboxylic acids is 1. The van der Waals surface area contributed by atoms with Crippen molar-refractivity contribution in [1.29, 1.82) is 0 Å². The minimum absolute atomic E-state index is 0.253. The van der Waals surface area contributed by atoms with Gasteiger partial charge in [-0.2, -0.15) is 0 Å². The molecule has 258 valence electrons. The quantitative estimate of drug-likeness (QED) is 0.0786. The summed E-state index contributed by atoms with van der Waals surface area (Å²) in [4.78, 5) is 17.2. The molecule has 1 unspecified atom stereocenters. The van der Waals surface area contributed by atoms with Crippen molar-refractivity contribution < 1.29 is 19.0 Å². The van der Waals surface area contributed by atoms with Gasteiger partial charge in [0.05, 0.1) is 54.5 Å². The Morgan fingerprint density at radius 1 is 1.15 bits per heavy atom. The molecule has 1 amide bonds. The number of methoxy groups -OCH3 is 3. The Morgan fingerprint density at radius 3 is 2.42 bits per heavy atom. The lowest BCUT2D eigenvalue weighted by Crippen LogP contribution is -2.34. The molecule has 3 rings (SSSR count). The maximum atomic E-state index is 12.1. The van der Waals surface area contributed by atoms with Gasteiger partial charge in [-0.05, 0) is 49.6 Å². The molecule has 1 heterocycles. The first-order chi connectivity index (χ1) is 23.0. The lowest BCUT2D eigenvalue weighted by Gasteiger charge is -2.20. The van der Waals surface area contributed by atoms with Gasteiger partial charge in [0.2, 0.25) is 5.91 Å². The fourth-order valence-corrected chi connectivity index (χ4v) is 5.58. The Labute approximate surface area is 292 Å². The van der Waals surface area contributed by atoms with Crippen molar-refractivity contribution in [3.63, 3.8) is 0 Å². The van der Waals surface area contributed by atoms with Crippen LogP contribution >= 0.6 is 23.2 Å². The summed E-state index contributed by atoms with van der Waals surface area (Å²) < 4.78 is 16.2. The van der Waals surface area contributed by atoms with Crippen LogP contribution in [0.2, 0.25) is 10.0 Å². The normalized spacial score (nSPS) is 12.8. The number of nitrogens with zero attached hydrogens (tertiary/aromatic N) is 2. The van der Waals surface area contributed by atoms with Gasteiger partial charge < -0.3 is 40.9 Å². The van der Waals surface area contributed by atoms with Crippen molar-refractivity contribution in [1.82, 2.24) is 9.99 Å². The summed E-state index contributed by atoms with van der Waals surface area (Å²) in [7, 11) is 4.66. The molecule has 0 aliphatic carbocycles. The molecular formula is C35H45Cl2N7O4. The highest BCUT2D eigenvalue weighted by atomic mass is 35.5. The molecule has 11 nitrogen and oxygen atoms in total. The average molecular weight is 699 g/mol. The van der Waals surface area contributed by atoms with Crippen LogP contribution in [0.1, 0.15) is 25.8 Å².